The molecule has 3 heteroatoms. The SMILES string of the molecule is ICc1cc(COc2ccccc2)cc(COc2ccccc2)c1. The second-order valence-corrected chi connectivity index (χ2v) is 6.26. The van der Waals surface area contributed by atoms with Gasteiger partial charge < -0.3 is 9.47 Å². The first-order valence-corrected chi connectivity index (χ1v) is 9.39. The monoisotopic (exact) mass is 430 g/mol. The van der Waals surface area contributed by atoms with E-state index in [2.05, 4.69) is 40.8 Å². The van der Waals surface area contributed by atoms with Gasteiger partial charge in [-0.2, -0.15) is 0 Å². The average Bonchev–Trinajstić information content (AvgIpc) is 2.66. The van der Waals surface area contributed by atoms with E-state index in [1.807, 2.05) is 60.7 Å². The number of hydrogen-bond donors (Lipinski definition) is 0. The summed E-state index contributed by atoms with van der Waals surface area (Å²) in [6, 6.07) is 26.3. The van der Waals surface area contributed by atoms with Gasteiger partial charge in [0.1, 0.15) is 24.7 Å². The van der Waals surface area contributed by atoms with E-state index in [0.29, 0.717) is 13.2 Å². The van der Waals surface area contributed by atoms with Gasteiger partial charge in [-0.25, -0.2) is 0 Å². The zero-order valence-electron chi connectivity index (χ0n) is 13.3. The van der Waals surface area contributed by atoms with Crippen LogP contribution in [0.2, 0.25) is 0 Å². The highest BCUT2D eigenvalue weighted by Crippen LogP contribution is 2.18. The van der Waals surface area contributed by atoms with Crippen molar-refractivity contribution in [2.45, 2.75) is 17.6 Å². The Kier molecular flexibility index (Phi) is 6.13. The second-order valence-electron chi connectivity index (χ2n) is 5.49. The number of ether oxygens (including phenoxy) is 2. The summed E-state index contributed by atoms with van der Waals surface area (Å²) in [6.07, 6.45) is 0. The Morgan fingerprint density at radius 1 is 0.583 bits per heavy atom. The molecule has 0 saturated heterocycles. The van der Waals surface area contributed by atoms with Crippen LogP contribution in [0.4, 0.5) is 0 Å². The van der Waals surface area contributed by atoms with Gasteiger partial charge in [0.25, 0.3) is 0 Å². The smallest absolute Gasteiger partial charge is 0.119 e. The van der Waals surface area contributed by atoms with Crippen LogP contribution in [0, 0.1) is 0 Å². The van der Waals surface area contributed by atoms with Crippen LogP contribution in [0.25, 0.3) is 0 Å². The lowest BCUT2D eigenvalue weighted by molar-refractivity contribution is 0.299. The molecule has 0 radical (unpaired) electrons. The molecular formula is C21H19IO2. The number of alkyl halides is 1. The van der Waals surface area contributed by atoms with Gasteiger partial charge in [-0.05, 0) is 47.0 Å². The molecule has 0 aromatic heterocycles. The minimum Gasteiger partial charge on any atom is -0.489 e. The van der Waals surface area contributed by atoms with Crippen molar-refractivity contribution in [3.8, 4) is 11.5 Å². The third kappa shape index (κ3) is 4.99. The average molecular weight is 430 g/mol. The fourth-order valence-corrected chi connectivity index (χ4v) is 2.89. The van der Waals surface area contributed by atoms with Crippen molar-refractivity contribution in [3.63, 3.8) is 0 Å². The minimum atomic E-state index is 0.562. The van der Waals surface area contributed by atoms with Gasteiger partial charge in [0.05, 0.1) is 0 Å². The van der Waals surface area contributed by atoms with E-state index in [9.17, 15) is 0 Å². The predicted molar refractivity (Wildman–Crippen MR) is 106 cm³/mol. The quantitative estimate of drug-likeness (QED) is 0.350. The van der Waals surface area contributed by atoms with Crippen molar-refractivity contribution < 1.29 is 9.47 Å². The van der Waals surface area contributed by atoms with Crippen LogP contribution >= 0.6 is 22.6 Å². The van der Waals surface area contributed by atoms with E-state index in [-0.39, 0.29) is 0 Å². The Bertz CT molecular complexity index is 696. The fraction of sp³-hybridized carbons (Fsp3) is 0.143. The highest BCUT2D eigenvalue weighted by molar-refractivity contribution is 14.1. The minimum absolute atomic E-state index is 0.562. The van der Waals surface area contributed by atoms with Crippen molar-refractivity contribution in [2.75, 3.05) is 0 Å². The third-order valence-corrected chi connectivity index (χ3v) is 4.44. The maximum Gasteiger partial charge on any atom is 0.119 e. The predicted octanol–water partition coefficient (Wildman–Crippen LogP) is 5.78. The van der Waals surface area contributed by atoms with Gasteiger partial charge in [0.2, 0.25) is 0 Å². The van der Waals surface area contributed by atoms with E-state index >= 15 is 0 Å². The van der Waals surface area contributed by atoms with E-state index in [1.165, 1.54) is 16.7 Å². The Labute approximate surface area is 156 Å². The summed E-state index contributed by atoms with van der Waals surface area (Å²) in [5, 5.41) is 0. The Balaban J connectivity index is 1.68. The van der Waals surface area contributed by atoms with Crippen molar-refractivity contribution in [1.29, 1.82) is 0 Å². The molecule has 3 aromatic rings. The molecular weight excluding hydrogens is 411 g/mol. The van der Waals surface area contributed by atoms with Crippen LogP contribution in [0.15, 0.2) is 78.9 Å². The summed E-state index contributed by atoms with van der Waals surface area (Å²) in [6.45, 7) is 1.12. The normalized spacial score (nSPS) is 10.4. The molecule has 0 saturated carbocycles. The molecule has 0 heterocycles. The van der Waals surface area contributed by atoms with Crippen LogP contribution < -0.4 is 9.47 Å². The van der Waals surface area contributed by atoms with Gasteiger partial charge in [-0.3, -0.25) is 0 Å². The number of benzene rings is 3. The molecule has 3 aromatic carbocycles. The second kappa shape index (κ2) is 8.73. The Morgan fingerprint density at radius 2 is 1.00 bits per heavy atom. The highest BCUT2D eigenvalue weighted by atomic mass is 127. The van der Waals surface area contributed by atoms with Crippen LogP contribution in [-0.4, -0.2) is 0 Å². The van der Waals surface area contributed by atoms with Gasteiger partial charge in [0, 0.05) is 4.43 Å². The van der Waals surface area contributed by atoms with Crippen LogP contribution in [0.1, 0.15) is 16.7 Å². The topological polar surface area (TPSA) is 18.5 Å². The lowest BCUT2D eigenvalue weighted by atomic mass is 10.1. The summed E-state index contributed by atoms with van der Waals surface area (Å²) < 4.78 is 12.7. The number of para-hydroxylation sites is 2. The zero-order chi connectivity index (χ0) is 16.6. The van der Waals surface area contributed by atoms with Crippen molar-refractivity contribution in [2.24, 2.45) is 0 Å². The molecule has 0 amide bonds. The summed E-state index contributed by atoms with van der Waals surface area (Å²) >= 11 is 2.38. The molecule has 3 rings (SSSR count). The number of halogens is 1. The molecule has 0 fully saturated rings. The standard InChI is InChI=1S/C21H19IO2/c22-14-17-11-18(15-23-20-7-3-1-4-8-20)13-19(12-17)16-24-21-9-5-2-6-10-21/h1-13H,14-16H2. The first-order chi connectivity index (χ1) is 11.8. The molecule has 122 valence electrons. The van der Waals surface area contributed by atoms with E-state index < -0.39 is 0 Å². The van der Waals surface area contributed by atoms with E-state index in [1.54, 1.807) is 0 Å². The largest absolute Gasteiger partial charge is 0.489 e. The summed E-state index contributed by atoms with van der Waals surface area (Å²) in [7, 11) is 0. The lowest BCUT2D eigenvalue weighted by Gasteiger charge is -2.11. The molecule has 0 aliphatic carbocycles. The van der Waals surface area contributed by atoms with Gasteiger partial charge in [-0.15, -0.1) is 0 Å². The molecule has 2 nitrogen and oxygen atoms in total. The van der Waals surface area contributed by atoms with Crippen molar-refractivity contribution >= 4 is 22.6 Å². The van der Waals surface area contributed by atoms with Crippen LogP contribution in [-0.2, 0) is 17.6 Å². The molecule has 0 atom stereocenters. The fourth-order valence-electron chi connectivity index (χ4n) is 2.45. The first kappa shape index (κ1) is 16.8. The molecule has 24 heavy (non-hydrogen) atoms. The Hall–Kier alpha value is -2.01. The van der Waals surface area contributed by atoms with Gasteiger partial charge in [0.15, 0.2) is 0 Å². The molecule has 0 aliphatic heterocycles. The molecule has 0 bridgehead atoms. The summed E-state index contributed by atoms with van der Waals surface area (Å²) in [4.78, 5) is 0. The zero-order valence-corrected chi connectivity index (χ0v) is 15.5. The maximum atomic E-state index is 5.87. The molecule has 0 unspecified atom stereocenters. The Morgan fingerprint density at radius 3 is 1.42 bits per heavy atom. The lowest BCUT2D eigenvalue weighted by Crippen LogP contribution is -2.01. The van der Waals surface area contributed by atoms with Gasteiger partial charge >= 0.3 is 0 Å². The van der Waals surface area contributed by atoms with Crippen LogP contribution in [0.5, 0.6) is 11.5 Å². The highest BCUT2D eigenvalue weighted by Gasteiger charge is 2.03. The van der Waals surface area contributed by atoms with Gasteiger partial charge in [-0.1, -0.05) is 71.1 Å². The molecule has 0 aliphatic rings. The number of hydrogen-bond acceptors (Lipinski definition) is 2. The molecule has 0 spiro atoms. The van der Waals surface area contributed by atoms with E-state index in [4.69, 9.17) is 9.47 Å². The molecule has 0 N–H and O–H groups in total. The number of rotatable bonds is 7. The van der Waals surface area contributed by atoms with Crippen molar-refractivity contribution in [1.82, 2.24) is 0 Å². The van der Waals surface area contributed by atoms with Crippen LogP contribution in [0.3, 0.4) is 0 Å². The van der Waals surface area contributed by atoms with Crippen molar-refractivity contribution in [3.05, 3.63) is 95.6 Å². The maximum absolute atomic E-state index is 5.87. The van der Waals surface area contributed by atoms with E-state index in [0.717, 1.165) is 15.9 Å². The summed E-state index contributed by atoms with van der Waals surface area (Å²) in [5.74, 6) is 1.78. The first-order valence-electron chi connectivity index (χ1n) is 7.87. The summed E-state index contributed by atoms with van der Waals surface area (Å²) in [5.41, 5.74) is 3.62. The third-order valence-electron chi connectivity index (χ3n) is 3.56.